The number of carbonyl (C=O) groups excluding carboxylic acids is 1. The standard InChI is InChI=1S/C14H20N2O3S2/c1-4-12-16(10(8-21-12)13(17)18)14(19)15(3)9(2)11-6-5-7-20-11/h5-7,9-10,12H,4,8H2,1-3H3,(H,17,18). The van der Waals surface area contributed by atoms with Crippen LogP contribution in [0.3, 0.4) is 0 Å². The number of carboxylic acids is 1. The van der Waals surface area contributed by atoms with Crippen LogP contribution in [0.2, 0.25) is 0 Å². The molecule has 0 spiro atoms. The van der Waals surface area contributed by atoms with E-state index in [0.29, 0.717) is 5.75 Å². The Hall–Kier alpha value is -1.21. The van der Waals surface area contributed by atoms with Crippen LogP contribution in [0.1, 0.15) is 31.2 Å². The summed E-state index contributed by atoms with van der Waals surface area (Å²) in [5, 5.41) is 11.2. The van der Waals surface area contributed by atoms with Crippen LogP contribution in [0.5, 0.6) is 0 Å². The van der Waals surface area contributed by atoms with Gasteiger partial charge in [0.05, 0.1) is 11.4 Å². The van der Waals surface area contributed by atoms with E-state index in [4.69, 9.17) is 0 Å². The number of urea groups is 1. The first-order valence-electron chi connectivity index (χ1n) is 6.90. The Morgan fingerprint density at radius 3 is 2.81 bits per heavy atom. The Morgan fingerprint density at radius 2 is 2.29 bits per heavy atom. The van der Waals surface area contributed by atoms with Gasteiger partial charge in [0.2, 0.25) is 0 Å². The molecule has 0 aromatic carbocycles. The van der Waals surface area contributed by atoms with E-state index in [1.54, 1.807) is 35.0 Å². The molecule has 0 bridgehead atoms. The summed E-state index contributed by atoms with van der Waals surface area (Å²) in [4.78, 5) is 28.4. The molecule has 2 rings (SSSR count). The van der Waals surface area contributed by atoms with Crippen LogP contribution in [-0.4, -0.2) is 51.1 Å². The predicted molar refractivity (Wildman–Crippen MR) is 85.7 cm³/mol. The van der Waals surface area contributed by atoms with Gasteiger partial charge in [-0.3, -0.25) is 4.90 Å². The van der Waals surface area contributed by atoms with Gasteiger partial charge in [-0.1, -0.05) is 13.0 Å². The topological polar surface area (TPSA) is 60.9 Å². The fourth-order valence-corrected chi connectivity index (χ4v) is 4.56. The molecule has 1 fully saturated rings. The minimum absolute atomic E-state index is 0.0587. The SMILES string of the molecule is CCC1SCC(C(=O)O)N1C(=O)N(C)C(C)c1cccs1. The fraction of sp³-hybridized carbons (Fsp3) is 0.571. The van der Waals surface area contributed by atoms with Gasteiger partial charge >= 0.3 is 12.0 Å². The molecule has 2 heterocycles. The lowest BCUT2D eigenvalue weighted by atomic mass is 10.2. The lowest BCUT2D eigenvalue weighted by Gasteiger charge is -2.33. The molecule has 0 aliphatic carbocycles. The maximum atomic E-state index is 12.7. The summed E-state index contributed by atoms with van der Waals surface area (Å²) < 4.78 is 0. The van der Waals surface area contributed by atoms with Gasteiger partial charge in [0, 0.05) is 17.7 Å². The smallest absolute Gasteiger partial charge is 0.327 e. The Balaban J connectivity index is 2.18. The molecule has 0 radical (unpaired) electrons. The quantitative estimate of drug-likeness (QED) is 0.922. The molecule has 3 unspecified atom stereocenters. The van der Waals surface area contributed by atoms with Gasteiger partial charge in [-0.25, -0.2) is 9.59 Å². The van der Waals surface area contributed by atoms with Crippen molar-refractivity contribution in [2.24, 2.45) is 0 Å². The zero-order valence-electron chi connectivity index (χ0n) is 12.4. The summed E-state index contributed by atoms with van der Waals surface area (Å²) in [5.41, 5.74) is 0. The third kappa shape index (κ3) is 3.18. The van der Waals surface area contributed by atoms with Crippen molar-refractivity contribution >= 4 is 35.1 Å². The van der Waals surface area contributed by atoms with E-state index in [2.05, 4.69) is 0 Å². The van der Waals surface area contributed by atoms with Gasteiger partial charge in [-0.15, -0.1) is 23.1 Å². The molecule has 1 aromatic heterocycles. The molecule has 0 saturated carbocycles. The van der Waals surface area contributed by atoms with Crippen LogP contribution >= 0.6 is 23.1 Å². The summed E-state index contributed by atoms with van der Waals surface area (Å²) in [6.07, 6.45) is 0.751. The number of hydrogen-bond acceptors (Lipinski definition) is 4. The number of rotatable bonds is 4. The summed E-state index contributed by atoms with van der Waals surface area (Å²) >= 11 is 3.14. The second-order valence-electron chi connectivity index (χ2n) is 5.04. The Morgan fingerprint density at radius 1 is 1.57 bits per heavy atom. The highest BCUT2D eigenvalue weighted by atomic mass is 32.2. The summed E-state index contributed by atoms with van der Waals surface area (Å²) in [7, 11) is 1.74. The van der Waals surface area contributed by atoms with Crippen LogP contribution in [-0.2, 0) is 4.79 Å². The Bertz CT molecular complexity index is 506. The third-order valence-electron chi connectivity index (χ3n) is 3.79. The second kappa shape index (κ2) is 6.70. The number of hydrogen-bond donors (Lipinski definition) is 1. The van der Waals surface area contributed by atoms with E-state index in [0.717, 1.165) is 11.3 Å². The van der Waals surface area contributed by atoms with Gasteiger partial charge in [0.25, 0.3) is 0 Å². The largest absolute Gasteiger partial charge is 0.480 e. The molecule has 5 nitrogen and oxygen atoms in total. The number of thiophene rings is 1. The zero-order valence-corrected chi connectivity index (χ0v) is 14.0. The number of aliphatic carboxylic acids is 1. The van der Waals surface area contributed by atoms with Crippen LogP contribution in [0.15, 0.2) is 17.5 Å². The molecular weight excluding hydrogens is 308 g/mol. The normalized spacial score (nSPS) is 23.1. The number of amides is 2. The summed E-state index contributed by atoms with van der Waals surface area (Å²) in [5.74, 6) is -0.468. The number of nitrogens with zero attached hydrogens (tertiary/aromatic N) is 2. The minimum atomic E-state index is -0.927. The molecule has 1 saturated heterocycles. The van der Waals surface area contributed by atoms with Crippen LogP contribution < -0.4 is 0 Å². The van der Waals surface area contributed by atoms with Gasteiger partial charge in [0.1, 0.15) is 6.04 Å². The van der Waals surface area contributed by atoms with Crippen molar-refractivity contribution in [2.75, 3.05) is 12.8 Å². The first kappa shape index (κ1) is 16.2. The van der Waals surface area contributed by atoms with Crippen LogP contribution in [0.25, 0.3) is 0 Å². The van der Waals surface area contributed by atoms with Crippen molar-refractivity contribution < 1.29 is 14.7 Å². The molecule has 7 heteroatoms. The average molecular weight is 328 g/mol. The highest BCUT2D eigenvalue weighted by Gasteiger charge is 2.42. The first-order chi connectivity index (χ1) is 9.97. The molecule has 3 atom stereocenters. The molecule has 1 aliphatic heterocycles. The highest BCUT2D eigenvalue weighted by Crippen LogP contribution is 2.34. The molecule has 1 aliphatic rings. The van der Waals surface area contributed by atoms with Crippen LogP contribution in [0.4, 0.5) is 4.79 Å². The Kier molecular flexibility index (Phi) is 5.16. The first-order valence-corrected chi connectivity index (χ1v) is 8.83. The van der Waals surface area contributed by atoms with E-state index in [9.17, 15) is 14.7 Å². The Labute approximate surface area is 132 Å². The number of carbonyl (C=O) groups is 2. The van der Waals surface area contributed by atoms with E-state index >= 15 is 0 Å². The van der Waals surface area contributed by atoms with Gasteiger partial charge in [0.15, 0.2) is 0 Å². The molecule has 2 amide bonds. The van der Waals surface area contributed by atoms with Gasteiger partial charge in [-0.2, -0.15) is 0 Å². The molecule has 21 heavy (non-hydrogen) atoms. The molecule has 1 aromatic rings. The molecule has 1 N–H and O–H groups in total. The zero-order chi connectivity index (χ0) is 15.6. The van der Waals surface area contributed by atoms with E-state index in [-0.39, 0.29) is 17.4 Å². The third-order valence-corrected chi connectivity index (χ3v) is 6.28. The predicted octanol–water partition coefficient (Wildman–Crippen LogP) is 3.10. The van der Waals surface area contributed by atoms with Crippen molar-refractivity contribution in [2.45, 2.75) is 37.7 Å². The maximum Gasteiger partial charge on any atom is 0.327 e. The van der Waals surface area contributed by atoms with Crippen molar-refractivity contribution in [1.82, 2.24) is 9.80 Å². The van der Waals surface area contributed by atoms with Crippen molar-refractivity contribution in [3.05, 3.63) is 22.4 Å². The van der Waals surface area contributed by atoms with E-state index < -0.39 is 12.0 Å². The van der Waals surface area contributed by atoms with Gasteiger partial charge in [-0.05, 0) is 24.8 Å². The van der Waals surface area contributed by atoms with Crippen molar-refractivity contribution in [1.29, 1.82) is 0 Å². The molecule has 116 valence electrons. The average Bonchev–Trinajstić information content (AvgIpc) is 3.13. The van der Waals surface area contributed by atoms with Gasteiger partial charge < -0.3 is 10.0 Å². The van der Waals surface area contributed by atoms with E-state index in [1.807, 2.05) is 31.4 Å². The molecular formula is C14H20N2O3S2. The summed E-state index contributed by atoms with van der Waals surface area (Å²) in [6, 6.07) is 2.94. The second-order valence-corrected chi connectivity index (χ2v) is 7.23. The lowest BCUT2D eigenvalue weighted by Crippen LogP contribution is -2.50. The minimum Gasteiger partial charge on any atom is -0.480 e. The highest BCUT2D eigenvalue weighted by molar-refractivity contribution is 8.00. The number of thioether (sulfide) groups is 1. The monoisotopic (exact) mass is 328 g/mol. The maximum absolute atomic E-state index is 12.7. The lowest BCUT2D eigenvalue weighted by molar-refractivity contribution is -0.141. The van der Waals surface area contributed by atoms with Crippen molar-refractivity contribution in [3.8, 4) is 0 Å². The van der Waals surface area contributed by atoms with Crippen LogP contribution in [0, 0.1) is 0 Å². The summed E-state index contributed by atoms with van der Waals surface area (Å²) in [6.45, 7) is 3.94. The van der Waals surface area contributed by atoms with Crippen molar-refractivity contribution in [3.63, 3.8) is 0 Å². The fourth-order valence-electron chi connectivity index (χ4n) is 2.39. The van der Waals surface area contributed by atoms with E-state index in [1.165, 1.54) is 4.90 Å². The number of carboxylic acid groups (broad SMARTS) is 1.